The number of hydrogen-bond acceptors (Lipinski definition) is 5. The first-order chi connectivity index (χ1) is 9.24. The Morgan fingerprint density at radius 2 is 2.00 bits per heavy atom. The molecule has 19 heavy (non-hydrogen) atoms. The van der Waals surface area contributed by atoms with Crippen LogP contribution in [-0.2, 0) is 0 Å². The van der Waals surface area contributed by atoms with Crippen molar-refractivity contribution in [3.63, 3.8) is 0 Å². The number of aromatic nitrogens is 3. The van der Waals surface area contributed by atoms with Crippen molar-refractivity contribution in [1.82, 2.24) is 15.0 Å². The van der Waals surface area contributed by atoms with Gasteiger partial charge in [0.1, 0.15) is 11.4 Å². The Morgan fingerprint density at radius 3 is 2.89 bits per heavy atom. The molecule has 0 aliphatic carbocycles. The van der Waals surface area contributed by atoms with Crippen LogP contribution in [0.25, 0.3) is 10.9 Å². The molecule has 0 amide bonds. The second-order valence-electron chi connectivity index (χ2n) is 3.83. The molecule has 0 spiro atoms. The summed E-state index contributed by atoms with van der Waals surface area (Å²) in [6.45, 7) is 0. The zero-order valence-corrected chi connectivity index (χ0v) is 10.5. The third kappa shape index (κ3) is 2.28. The van der Waals surface area contributed by atoms with E-state index < -0.39 is 0 Å². The van der Waals surface area contributed by atoms with Crippen molar-refractivity contribution in [3.8, 4) is 11.6 Å². The number of halogens is 1. The van der Waals surface area contributed by atoms with Crippen LogP contribution in [0.15, 0.2) is 42.7 Å². The minimum absolute atomic E-state index is 0.0857. The molecule has 0 radical (unpaired) electrons. The van der Waals surface area contributed by atoms with Crippen molar-refractivity contribution in [3.05, 3.63) is 48.0 Å². The molecule has 0 aliphatic heterocycles. The second-order valence-corrected chi connectivity index (χ2v) is 4.17. The molecule has 5 nitrogen and oxygen atoms in total. The SMILES string of the molecule is Nc1cnc(Cl)nc1Oc1cccc2ncccc12. The first-order valence-electron chi connectivity index (χ1n) is 5.53. The van der Waals surface area contributed by atoms with E-state index in [-0.39, 0.29) is 11.2 Å². The maximum atomic E-state index is 5.76. The summed E-state index contributed by atoms with van der Waals surface area (Å²) in [5.41, 5.74) is 6.91. The van der Waals surface area contributed by atoms with Crippen LogP contribution in [0, 0.1) is 0 Å². The zero-order chi connectivity index (χ0) is 13.2. The van der Waals surface area contributed by atoms with E-state index in [0.29, 0.717) is 11.4 Å². The molecule has 2 N–H and O–H groups in total. The summed E-state index contributed by atoms with van der Waals surface area (Å²) in [7, 11) is 0. The van der Waals surface area contributed by atoms with E-state index in [1.165, 1.54) is 6.20 Å². The molecule has 0 saturated carbocycles. The Kier molecular flexibility index (Phi) is 2.89. The van der Waals surface area contributed by atoms with Crippen LogP contribution in [0.2, 0.25) is 5.28 Å². The van der Waals surface area contributed by atoms with Crippen LogP contribution in [0.3, 0.4) is 0 Å². The summed E-state index contributed by atoms with van der Waals surface area (Å²) in [6.07, 6.45) is 3.13. The second kappa shape index (κ2) is 4.70. The van der Waals surface area contributed by atoms with Gasteiger partial charge in [-0.2, -0.15) is 4.98 Å². The smallest absolute Gasteiger partial charge is 0.247 e. The molecule has 0 aliphatic rings. The Balaban J connectivity index is 2.08. The molecule has 6 heteroatoms. The number of pyridine rings is 1. The molecule has 1 aromatic carbocycles. The maximum absolute atomic E-state index is 5.76. The van der Waals surface area contributed by atoms with Gasteiger partial charge in [-0.25, -0.2) is 4.98 Å². The van der Waals surface area contributed by atoms with E-state index in [1.807, 2.05) is 30.3 Å². The predicted octanol–water partition coefficient (Wildman–Crippen LogP) is 3.05. The zero-order valence-electron chi connectivity index (χ0n) is 9.75. The summed E-state index contributed by atoms with van der Waals surface area (Å²) in [5.74, 6) is 0.850. The molecule has 0 bridgehead atoms. The topological polar surface area (TPSA) is 73.9 Å². The Hall–Kier alpha value is -2.40. The standard InChI is InChI=1S/C13H9ClN4O/c14-13-17-7-9(15)12(18-13)19-11-5-1-4-10-8(11)3-2-6-16-10/h1-7H,15H2. The fraction of sp³-hybridized carbons (Fsp3) is 0. The van der Waals surface area contributed by atoms with Gasteiger partial charge in [0.2, 0.25) is 11.2 Å². The van der Waals surface area contributed by atoms with Gasteiger partial charge in [-0.05, 0) is 35.9 Å². The molecule has 3 rings (SSSR count). The van der Waals surface area contributed by atoms with Crippen molar-refractivity contribution < 1.29 is 4.74 Å². The van der Waals surface area contributed by atoms with Gasteiger partial charge in [-0.15, -0.1) is 0 Å². The number of anilines is 1. The summed E-state index contributed by atoms with van der Waals surface area (Å²) < 4.78 is 5.70. The van der Waals surface area contributed by atoms with Gasteiger partial charge in [-0.1, -0.05) is 6.07 Å². The van der Waals surface area contributed by atoms with Gasteiger partial charge in [0.05, 0.1) is 11.7 Å². The highest BCUT2D eigenvalue weighted by Crippen LogP contribution is 2.30. The van der Waals surface area contributed by atoms with Crippen LogP contribution in [0.1, 0.15) is 0 Å². The van der Waals surface area contributed by atoms with E-state index in [9.17, 15) is 0 Å². The fourth-order valence-electron chi connectivity index (χ4n) is 1.71. The number of nitrogens with zero attached hydrogens (tertiary/aromatic N) is 3. The third-order valence-electron chi connectivity index (χ3n) is 2.56. The Morgan fingerprint density at radius 1 is 1.11 bits per heavy atom. The van der Waals surface area contributed by atoms with Crippen LogP contribution < -0.4 is 10.5 Å². The lowest BCUT2D eigenvalue weighted by Crippen LogP contribution is -1.97. The number of fused-ring (bicyclic) bond motifs is 1. The molecule has 0 atom stereocenters. The van der Waals surface area contributed by atoms with E-state index in [1.54, 1.807) is 6.20 Å². The van der Waals surface area contributed by atoms with E-state index in [2.05, 4.69) is 15.0 Å². The minimum Gasteiger partial charge on any atom is -0.436 e. The van der Waals surface area contributed by atoms with Gasteiger partial charge in [0, 0.05) is 11.6 Å². The predicted molar refractivity (Wildman–Crippen MR) is 73.3 cm³/mol. The van der Waals surface area contributed by atoms with Crippen LogP contribution >= 0.6 is 11.6 Å². The monoisotopic (exact) mass is 272 g/mol. The lowest BCUT2D eigenvalue weighted by molar-refractivity contribution is 0.469. The van der Waals surface area contributed by atoms with Crippen LogP contribution in [0.4, 0.5) is 5.69 Å². The normalized spacial score (nSPS) is 10.6. The van der Waals surface area contributed by atoms with Gasteiger partial charge in [-0.3, -0.25) is 4.98 Å². The Bertz CT molecular complexity index is 742. The summed E-state index contributed by atoms with van der Waals surface area (Å²) in [6, 6.07) is 9.32. The van der Waals surface area contributed by atoms with E-state index in [0.717, 1.165) is 10.9 Å². The van der Waals surface area contributed by atoms with Gasteiger partial charge >= 0.3 is 0 Å². The molecule has 3 aromatic rings. The number of ether oxygens (including phenoxy) is 1. The largest absolute Gasteiger partial charge is 0.436 e. The molecule has 2 heterocycles. The van der Waals surface area contributed by atoms with Crippen molar-refractivity contribution in [2.24, 2.45) is 0 Å². The highest BCUT2D eigenvalue weighted by atomic mass is 35.5. The number of nitrogen functional groups attached to an aromatic ring is 1. The molecule has 0 unspecified atom stereocenters. The number of rotatable bonds is 2. The summed E-state index contributed by atoms with van der Waals surface area (Å²) >= 11 is 5.73. The fourth-order valence-corrected chi connectivity index (χ4v) is 1.83. The first-order valence-corrected chi connectivity index (χ1v) is 5.91. The quantitative estimate of drug-likeness (QED) is 0.726. The molecule has 0 fully saturated rings. The minimum atomic E-state index is 0.0857. The van der Waals surface area contributed by atoms with E-state index >= 15 is 0 Å². The summed E-state index contributed by atoms with van der Waals surface area (Å²) in [4.78, 5) is 12.0. The maximum Gasteiger partial charge on any atom is 0.247 e. The number of nitrogens with two attached hydrogens (primary N) is 1. The average Bonchev–Trinajstić information content (AvgIpc) is 2.43. The van der Waals surface area contributed by atoms with Gasteiger partial charge in [0.25, 0.3) is 0 Å². The van der Waals surface area contributed by atoms with Crippen molar-refractivity contribution in [2.45, 2.75) is 0 Å². The molecule has 2 aromatic heterocycles. The molecule has 0 saturated heterocycles. The number of hydrogen-bond donors (Lipinski definition) is 1. The van der Waals surface area contributed by atoms with Gasteiger partial charge < -0.3 is 10.5 Å². The Labute approximate surface area is 114 Å². The highest BCUT2D eigenvalue weighted by molar-refractivity contribution is 6.28. The van der Waals surface area contributed by atoms with Crippen molar-refractivity contribution >= 4 is 28.2 Å². The van der Waals surface area contributed by atoms with Crippen molar-refractivity contribution in [2.75, 3.05) is 5.73 Å². The van der Waals surface area contributed by atoms with E-state index in [4.69, 9.17) is 22.1 Å². The van der Waals surface area contributed by atoms with Crippen molar-refractivity contribution in [1.29, 1.82) is 0 Å². The third-order valence-corrected chi connectivity index (χ3v) is 2.75. The lowest BCUT2D eigenvalue weighted by Gasteiger charge is -2.09. The number of benzene rings is 1. The average molecular weight is 273 g/mol. The van der Waals surface area contributed by atoms with Crippen LogP contribution in [-0.4, -0.2) is 15.0 Å². The van der Waals surface area contributed by atoms with Gasteiger partial charge in [0.15, 0.2) is 0 Å². The molecular weight excluding hydrogens is 264 g/mol. The summed E-state index contributed by atoms with van der Waals surface area (Å²) in [5, 5.41) is 0.960. The lowest BCUT2D eigenvalue weighted by atomic mass is 10.2. The van der Waals surface area contributed by atoms with Crippen LogP contribution in [0.5, 0.6) is 11.6 Å². The first kappa shape index (κ1) is 11.7. The molecular formula is C13H9ClN4O. The molecule has 94 valence electrons. The highest BCUT2D eigenvalue weighted by Gasteiger charge is 2.08.